The van der Waals surface area contributed by atoms with Gasteiger partial charge in [-0.1, -0.05) is 11.3 Å². The SMILES string of the molecule is CNC(=O)c1nnc(CCCC/C(N)=C/C=C(\N)NC(=O)Cc2cc(C(F)(F)F)ccn2)s1. The number of nitrogens with one attached hydrogen (secondary N) is 2. The molecule has 0 aliphatic carbocycles. The van der Waals surface area contributed by atoms with Gasteiger partial charge in [0.05, 0.1) is 17.7 Å². The van der Waals surface area contributed by atoms with E-state index in [0.717, 1.165) is 36.2 Å². The second kappa shape index (κ2) is 11.9. The number of hydrogen-bond acceptors (Lipinski definition) is 8. The number of amides is 2. The van der Waals surface area contributed by atoms with Crippen LogP contribution in [0.15, 0.2) is 42.0 Å². The number of halogens is 3. The third-order valence-corrected chi connectivity index (χ3v) is 5.22. The van der Waals surface area contributed by atoms with Crippen LogP contribution in [-0.2, 0) is 23.8 Å². The zero-order chi connectivity index (χ0) is 24.4. The van der Waals surface area contributed by atoms with E-state index >= 15 is 0 Å². The lowest BCUT2D eigenvalue weighted by atomic mass is 10.1. The van der Waals surface area contributed by atoms with Crippen LogP contribution in [0.3, 0.4) is 0 Å². The Balaban J connectivity index is 1.76. The van der Waals surface area contributed by atoms with Crippen molar-refractivity contribution in [3.8, 4) is 0 Å². The maximum absolute atomic E-state index is 12.7. The third-order valence-electron chi connectivity index (χ3n) is 4.24. The predicted octanol–water partition coefficient (Wildman–Crippen LogP) is 2.03. The highest BCUT2D eigenvalue weighted by Gasteiger charge is 2.30. The van der Waals surface area contributed by atoms with Crippen molar-refractivity contribution >= 4 is 23.2 Å². The minimum absolute atomic E-state index is 0.00511. The summed E-state index contributed by atoms with van der Waals surface area (Å²) in [6.45, 7) is 0. The molecule has 2 heterocycles. The summed E-state index contributed by atoms with van der Waals surface area (Å²) in [6.07, 6.45) is 1.88. The monoisotopic (exact) mass is 483 g/mol. The fourth-order valence-corrected chi connectivity index (χ4v) is 3.43. The average Bonchev–Trinajstić information content (AvgIpc) is 3.23. The molecule has 0 aromatic carbocycles. The zero-order valence-corrected chi connectivity index (χ0v) is 18.6. The molecule has 2 amide bonds. The van der Waals surface area contributed by atoms with Crippen LogP contribution >= 0.6 is 11.3 Å². The van der Waals surface area contributed by atoms with Crippen molar-refractivity contribution in [1.29, 1.82) is 0 Å². The number of carbonyl (C=O) groups excluding carboxylic acids is 2. The molecule has 0 saturated carbocycles. The maximum Gasteiger partial charge on any atom is 0.416 e. The van der Waals surface area contributed by atoms with Crippen LogP contribution in [0.2, 0.25) is 0 Å². The number of aromatic nitrogens is 3. The van der Waals surface area contributed by atoms with Crippen LogP contribution < -0.4 is 22.1 Å². The van der Waals surface area contributed by atoms with Crippen molar-refractivity contribution in [1.82, 2.24) is 25.8 Å². The van der Waals surface area contributed by atoms with Crippen LogP contribution in [0, 0.1) is 0 Å². The smallest absolute Gasteiger partial charge is 0.402 e. The molecule has 9 nitrogen and oxygen atoms in total. The number of pyridine rings is 1. The van der Waals surface area contributed by atoms with Gasteiger partial charge in [-0.3, -0.25) is 14.6 Å². The van der Waals surface area contributed by atoms with Crippen LogP contribution in [-0.4, -0.2) is 34.0 Å². The van der Waals surface area contributed by atoms with Gasteiger partial charge in [-0.15, -0.1) is 10.2 Å². The molecule has 33 heavy (non-hydrogen) atoms. The summed E-state index contributed by atoms with van der Waals surface area (Å²) < 4.78 is 38.2. The quantitative estimate of drug-likeness (QED) is 0.298. The van der Waals surface area contributed by atoms with Gasteiger partial charge in [0.25, 0.3) is 5.91 Å². The topological polar surface area (TPSA) is 149 Å². The number of nitrogens with two attached hydrogens (primary N) is 2. The van der Waals surface area contributed by atoms with E-state index in [2.05, 4.69) is 25.8 Å². The number of unbranched alkanes of at least 4 members (excludes halogenated alkanes) is 1. The minimum Gasteiger partial charge on any atom is -0.402 e. The number of alkyl halides is 3. The number of carbonyl (C=O) groups is 2. The van der Waals surface area contributed by atoms with E-state index in [4.69, 9.17) is 11.5 Å². The Labute approximate surface area is 192 Å². The molecule has 0 fully saturated rings. The normalized spacial score (nSPS) is 12.5. The molecule has 0 atom stereocenters. The number of aryl methyl sites for hydroxylation is 1. The number of nitrogens with zero attached hydrogens (tertiary/aromatic N) is 3. The van der Waals surface area contributed by atoms with Gasteiger partial charge in [0.1, 0.15) is 10.8 Å². The molecule has 0 saturated heterocycles. The highest BCUT2D eigenvalue weighted by Crippen LogP contribution is 2.29. The van der Waals surface area contributed by atoms with Gasteiger partial charge in [-0.05, 0) is 43.5 Å². The molecule has 0 radical (unpaired) electrons. The largest absolute Gasteiger partial charge is 0.416 e. The van der Waals surface area contributed by atoms with E-state index in [9.17, 15) is 22.8 Å². The Hall–Kier alpha value is -3.48. The van der Waals surface area contributed by atoms with Crippen molar-refractivity contribution in [2.75, 3.05) is 7.05 Å². The standard InChI is InChI=1S/C20H24F3N7O2S/c1-26-18(32)19-30-29-17(33-19)5-3-2-4-13(24)6-7-15(25)28-16(31)11-14-10-12(8-9-27-14)20(21,22)23/h6-10H,2-5,11,24-25H2,1H3,(H,26,32)(H,28,31)/b13-6-,15-7+. The van der Waals surface area contributed by atoms with Crippen molar-refractivity contribution in [3.05, 3.63) is 63.3 Å². The highest BCUT2D eigenvalue weighted by atomic mass is 32.1. The fourth-order valence-electron chi connectivity index (χ4n) is 2.60. The molecule has 6 N–H and O–H groups in total. The molecule has 0 bridgehead atoms. The van der Waals surface area contributed by atoms with Gasteiger partial charge in [0.2, 0.25) is 10.9 Å². The van der Waals surface area contributed by atoms with E-state index in [1.165, 1.54) is 24.5 Å². The molecule has 0 aliphatic heterocycles. The van der Waals surface area contributed by atoms with Gasteiger partial charge >= 0.3 is 6.18 Å². The number of allylic oxidation sites excluding steroid dienone is 3. The molecule has 0 spiro atoms. The summed E-state index contributed by atoms with van der Waals surface area (Å²) in [5, 5.41) is 13.7. The predicted molar refractivity (Wildman–Crippen MR) is 116 cm³/mol. The molecular formula is C20H24F3N7O2S. The van der Waals surface area contributed by atoms with E-state index in [0.29, 0.717) is 23.5 Å². The number of rotatable bonds is 10. The highest BCUT2D eigenvalue weighted by molar-refractivity contribution is 7.13. The molecule has 178 valence electrons. The first-order valence-electron chi connectivity index (χ1n) is 9.86. The van der Waals surface area contributed by atoms with Gasteiger partial charge in [0, 0.05) is 25.4 Å². The number of hydrogen-bond donors (Lipinski definition) is 4. The molecule has 2 aromatic heterocycles. The Morgan fingerprint density at radius 1 is 1.18 bits per heavy atom. The minimum atomic E-state index is -4.51. The van der Waals surface area contributed by atoms with Crippen molar-refractivity contribution < 1.29 is 22.8 Å². The second-order valence-electron chi connectivity index (χ2n) is 6.91. The van der Waals surface area contributed by atoms with Gasteiger partial charge in [-0.25, -0.2) is 0 Å². The first-order chi connectivity index (χ1) is 15.6. The Bertz CT molecular complexity index is 1030. The second-order valence-corrected chi connectivity index (χ2v) is 7.97. The Kier molecular flexibility index (Phi) is 9.33. The van der Waals surface area contributed by atoms with Crippen molar-refractivity contribution in [2.24, 2.45) is 11.5 Å². The van der Waals surface area contributed by atoms with Gasteiger partial charge in [0.15, 0.2) is 0 Å². The molecular weight excluding hydrogens is 459 g/mol. The Morgan fingerprint density at radius 3 is 2.64 bits per heavy atom. The molecule has 2 aromatic rings. The van der Waals surface area contributed by atoms with E-state index in [1.54, 1.807) is 6.08 Å². The molecule has 13 heteroatoms. The zero-order valence-electron chi connectivity index (χ0n) is 17.8. The lowest BCUT2D eigenvalue weighted by molar-refractivity contribution is -0.137. The van der Waals surface area contributed by atoms with Gasteiger partial charge < -0.3 is 22.1 Å². The van der Waals surface area contributed by atoms with Crippen LogP contribution in [0.5, 0.6) is 0 Å². The van der Waals surface area contributed by atoms with Crippen LogP contribution in [0.1, 0.15) is 45.3 Å². The van der Waals surface area contributed by atoms with Crippen molar-refractivity contribution in [3.63, 3.8) is 0 Å². The summed E-state index contributed by atoms with van der Waals surface area (Å²) in [7, 11) is 1.53. The molecule has 0 unspecified atom stereocenters. The van der Waals surface area contributed by atoms with E-state index < -0.39 is 17.6 Å². The maximum atomic E-state index is 12.7. The lowest BCUT2D eigenvalue weighted by Gasteiger charge is -2.08. The van der Waals surface area contributed by atoms with Crippen molar-refractivity contribution in [2.45, 2.75) is 38.3 Å². The summed E-state index contributed by atoms with van der Waals surface area (Å²) in [5.41, 5.74) is 11.3. The molecule has 0 aliphatic rings. The summed E-state index contributed by atoms with van der Waals surface area (Å²) in [4.78, 5) is 27.2. The average molecular weight is 484 g/mol. The first-order valence-corrected chi connectivity index (χ1v) is 10.7. The lowest BCUT2D eigenvalue weighted by Crippen LogP contribution is -2.29. The van der Waals surface area contributed by atoms with E-state index in [-0.39, 0.29) is 23.8 Å². The fraction of sp³-hybridized carbons (Fsp3) is 0.350. The third kappa shape index (κ3) is 8.88. The van der Waals surface area contributed by atoms with Crippen LogP contribution in [0.25, 0.3) is 0 Å². The summed E-state index contributed by atoms with van der Waals surface area (Å²) in [6, 6.07) is 1.65. The molecule has 2 rings (SSSR count). The summed E-state index contributed by atoms with van der Waals surface area (Å²) in [5.74, 6) is -0.866. The first kappa shape index (κ1) is 25.8. The Morgan fingerprint density at radius 2 is 1.94 bits per heavy atom. The van der Waals surface area contributed by atoms with Crippen LogP contribution in [0.4, 0.5) is 13.2 Å². The summed E-state index contributed by atoms with van der Waals surface area (Å²) >= 11 is 1.24. The van der Waals surface area contributed by atoms with E-state index in [1.807, 2.05) is 0 Å². The van der Waals surface area contributed by atoms with Gasteiger partial charge in [-0.2, -0.15) is 13.2 Å².